The molecule has 19 heavy (non-hydrogen) atoms. The van der Waals surface area contributed by atoms with Crippen LogP contribution >= 0.6 is 22.6 Å². The number of Topliss-reactive ketones (excluding diaryl/α,β-unsaturated/α-hetero) is 1. The molecule has 0 N–H and O–H groups in total. The van der Waals surface area contributed by atoms with Crippen LogP contribution in [0, 0.1) is 9.39 Å². The number of benzene rings is 2. The summed E-state index contributed by atoms with van der Waals surface area (Å²) in [6, 6.07) is 12.6. The van der Waals surface area contributed by atoms with Crippen molar-refractivity contribution in [3.05, 3.63) is 68.5 Å². The molecule has 1 aliphatic rings. The molecule has 0 amide bonds. The molecular formula is C16H12FIO. The molecule has 0 heterocycles. The average molecular weight is 366 g/mol. The van der Waals surface area contributed by atoms with E-state index in [0.29, 0.717) is 21.5 Å². The molecule has 0 saturated heterocycles. The summed E-state index contributed by atoms with van der Waals surface area (Å²) < 4.78 is 13.7. The lowest BCUT2D eigenvalue weighted by molar-refractivity contribution is 0.0969. The van der Waals surface area contributed by atoms with Gasteiger partial charge in [0, 0.05) is 15.6 Å². The molecule has 1 unspecified atom stereocenters. The largest absolute Gasteiger partial charge is 0.294 e. The molecule has 0 spiro atoms. The summed E-state index contributed by atoms with van der Waals surface area (Å²) in [5.41, 5.74) is 3.26. The number of hydrogen-bond donors (Lipinski definition) is 0. The summed E-state index contributed by atoms with van der Waals surface area (Å²) in [4.78, 5) is 12.3. The van der Waals surface area contributed by atoms with Gasteiger partial charge in [0.05, 0.1) is 0 Å². The molecule has 3 heteroatoms. The van der Waals surface area contributed by atoms with Crippen molar-refractivity contribution in [3.8, 4) is 0 Å². The van der Waals surface area contributed by atoms with Gasteiger partial charge in [0.25, 0.3) is 0 Å². The first-order chi connectivity index (χ1) is 9.15. The van der Waals surface area contributed by atoms with E-state index in [1.807, 2.05) is 34.7 Å². The average Bonchev–Trinajstić information content (AvgIpc) is 2.35. The van der Waals surface area contributed by atoms with Gasteiger partial charge in [-0.05, 0) is 64.3 Å². The zero-order chi connectivity index (χ0) is 13.4. The van der Waals surface area contributed by atoms with Crippen LogP contribution < -0.4 is 0 Å². The van der Waals surface area contributed by atoms with Crippen molar-refractivity contribution in [3.63, 3.8) is 0 Å². The molecule has 96 valence electrons. The molecule has 1 nitrogen and oxygen atoms in total. The van der Waals surface area contributed by atoms with E-state index in [2.05, 4.69) is 12.1 Å². The Morgan fingerprint density at radius 3 is 2.79 bits per heavy atom. The molecule has 2 aromatic carbocycles. The SMILES string of the molecule is O=C(CC1Cc2ccccc21)c1ccc(F)cc1I. The van der Waals surface area contributed by atoms with E-state index in [-0.39, 0.29) is 11.6 Å². The zero-order valence-electron chi connectivity index (χ0n) is 10.2. The Kier molecular flexibility index (Phi) is 3.39. The Labute approximate surface area is 125 Å². The van der Waals surface area contributed by atoms with Crippen molar-refractivity contribution < 1.29 is 9.18 Å². The fourth-order valence-corrected chi connectivity index (χ4v) is 3.37. The Bertz CT molecular complexity index is 651. The third-order valence-electron chi connectivity index (χ3n) is 3.62. The molecule has 1 aliphatic carbocycles. The van der Waals surface area contributed by atoms with Crippen LogP contribution in [-0.4, -0.2) is 5.78 Å². The predicted molar refractivity (Wildman–Crippen MR) is 81.0 cm³/mol. The molecule has 0 saturated carbocycles. The lowest BCUT2D eigenvalue weighted by Gasteiger charge is -2.29. The Hall–Kier alpha value is -1.23. The van der Waals surface area contributed by atoms with Crippen LogP contribution in [0.25, 0.3) is 0 Å². The third kappa shape index (κ3) is 2.43. The molecule has 1 atom stereocenters. The number of hydrogen-bond acceptors (Lipinski definition) is 1. The second-order valence-corrected chi connectivity index (χ2v) is 6.01. The zero-order valence-corrected chi connectivity index (χ0v) is 12.4. The van der Waals surface area contributed by atoms with Crippen molar-refractivity contribution in [1.82, 2.24) is 0 Å². The topological polar surface area (TPSA) is 17.1 Å². The van der Waals surface area contributed by atoms with Crippen molar-refractivity contribution in [2.75, 3.05) is 0 Å². The summed E-state index contributed by atoms with van der Waals surface area (Å²) in [5.74, 6) is 0.128. The highest BCUT2D eigenvalue weighted by atomic mass is 127. The summed E-state index contributed by atoms with van der Waals surface area (Å²) in [6.07, 6.45) is 1.48. The number of carbonyl (C=O) groups is 1. The fraction of sp³-hybridized carbons (Fsp3) is 0.188. The number of carbonyl (C=O) groups excluding carboxylic acids is 1. The monoisotopic (exact) mass is 366 g/mol. The fourth-order valence-electron chi connectivity index (χ4n) is 2.59. The van der Waals surface area contributed by atoms with E-state index in [1.54, 1.807) is 6.07 Å². The highest BCUT2D eigenvalue weighted by Gasteiger charge is 2.28. The molecule has 0 aliphatic heterocycles. The predicted octanol–water partition coefficient (Wildman–Crippen LogP) is 4.34. The minimum Gasteiger partial charge on any atom is -0.294 e. The summed E-state index contributed by atoms with van der Waals surface area (Å²) >= 11 is 2.02. The Morgan fingerprint density at radius 1 is 1.26 bits per heavy atom. The van der Waals surface area contributed by atoms with Crippen molar-refractivity contribution in [1.29, 1.82) is 0 Å². The maximum Gasteiger partial charge on any atom is 0.164 e. The molecule has 3 rings (SSSR count). The first-order valence-corrected chi connectivity index (χ1v) is 7.29. The normalized spacial score (nSPS) is 16.6. The van der Waals surface area contributed by atoms with Crippen molar-refractivity contribution in [2.45, 2.75) is 18.8 Å². The van der Waals surface area contributed by atoms with Gasteiger partial charge in [0.1, 0.15) is 5.82 Å². The quantitative estimate of drug-likeness (QED) is 0.583. The van der Waals surface area contributed by atoms with Crippen molar-refractivity contribution >= 4 is 28.4 Å². The molecule has 0 radical (unpaired) electrons. The summed E-state index contributed by atoms with van der Waals surface area (Å²) in [7, 11) is 0. The number of ketones is 1. The van der Waals surface area contributed by atoms with E-state index in [1.165, 1.54) is 23.3 Å². The molecule has 0 bridgehead atoms. The molecule has 2 aromatic rings. The van der Waals surface area contributed by atoms with Gasteiger partial charge in [-0.3, -0.25) is 4.79 Å². The Morgan fingerprint density at radius 2 is 2.05 bits per heavy atom. The summed E-state index contributed by atoms with van der Waals surface area (Å²) in [6.45, 7) is 0. The maximum atomic E-state index is 13.0. The highest BCUT2D eigenvalue weighted by molar-refractivity contribution is 14.1. The van der Waals surface area contributed by atoms with Crippen LogP contribution in [0.1, 0.15) is 33.8 Å². The highest BCUT2D eigenvalue weighted by Crippen LogP contribution is 2.38. The molecular weight excluding hydrogens is 354 g/mol. The van der Waals surface area contributed by atoms with Gasteiger partial charge in [-0.15, -0.1) is 0 Å². The lowest BCUT2D eigenvalue weighted by Crippen LogP contribution is -2.20. The smallest absolute Gasteiger partial charge is 0.164 e. The maximum absolute atomic E-state index is 13.0. The van der Waals surface area contributed by atoms with Gasteiger partial charge in [0.15, 0.2) is 5.78 Å². The number of fused-ring (bicyclic) bond motifs is 1. The van der Waals surface area contributed by atoms with E-state index >= 15 is 0 Å². The Balaban J connectivity index is 1.77. The van der Waals surface area contributed by atoms with Crippen LogP contribution in [-0.2, 0) is 6.42 Å². The lowest BCUT2D eigenvalue weighted by atomic mass is 9.74. The second-order valence-electron chi connectivity index (χ2n) is 4.85. The van der Waals surface area contributed by atoms with Gasteiger partial charge >= 0.3 is 0 Å². The minimum atomic E-state index is -0.296. The third-order valence-corrected chi connectivity index (χ3v) is 4.52. The van der Waals surface area contributed by atoms with Gasteiger partial charge in [-0.1, -0.05) is 24.3 Å². The first kappa shape index (κ1) is 12.8. The minimum absolute atomic E-state index is 0.101. The van der Waals surface area contributed by atoms with Gasteiger partial charge in [-0.2, -0.15) is 0 Å². The van der Waals surface area contributed by atoms with Gasteiger partial charge < -0.3 is 0 Å². The van der Waals surface area contributed by atoms with Crippen LogP contribution in [0.4, 0.5) is 4.39 Å². The second kappa shape index (κ2) is 5.04. The first-order valence-electron chi connectivity index (χ1n) is 6.21. The summed E-state index contributed by atoms with van der Waals surface area (Å²) in [5, 5.41) is 0. The number of rotatable bonds is 3. The number of halogens is 2. The standard InChI is InChI=1S/C16H12FIO/c17-12-5-6-14(15(18)9-12)16(19)8-11-7-10-3-1-2-4-13(10)11/h1-6,9,11H,7-8H2. The van der Waals surface area contributed by atoms with Gasteiger partial charge in [-0.25, -0.2) is 4.39 Å². The van der Waals surface area contributed by atoms with E-state index in [4.69, 9.17) is 0 Å². The van der Waals surface area contributed by atoms with E-state index in [9.17, 15) is 9.18 Å². The van der Waals surface area contributed by atoms with Crippen LogP contribution in [0.2, 0.25) is 0 Å². The van der Waals surface area contributed by atoms with Crippen LogP contribution in [0.3, 0.4) is 0 Å². The molecule has 0 aromatic heterocycles. The van der Waals surface area contributed by atoms with E-state index in [0.717, 1.165) is 6.42 Å². The van der Waals surface area contributed by atoms with Gasteiger partial charge in [0.2, 0.25) is 0 Å². The van der Waals surface area contributed by atoms with Crippen molar-refractivity contribution in [2.24, 2.45) is 0 Å². The van der Waals surface area contributed by atoms with Crippen LogP contribution in [0.5, 0.6) is 0 Å². The van der Waals surface area contributed by atoms with E-state index < -0.39 is 0 Å². The molecule has 0 fully saturated rings. The van der Waals surface area contributed by atoms with Crippen LogP contribution in [0.15, 0.2) is 42.5 Å².